The summed E-state index contributed by atoms with van der Waals surface area (Å²) in [6.07, 6.45) is -1.59. The molecule has 3 rings (SSSR count). The van der Waals surface area contributed by atoms with Gasteiger partial charge < -0.3 is 10.2 Å². The molecule has 0 amide bonds. The minimum atomic E-state index is -0.794. The summed E-state index contributed by atoms with van der Waals surface area (Å²) in [6, 6.07) is 9.50. The van der Waals surface area contributed by atoms with Crippen molar-refractivity contribution in [2.45, 2.75) is 12.2 Å². The number of hydrogen-bond donors (Lipinski definition) is 2. The minimum Gasteiger partial charge on any atom is -0.385 e. The van der Waals surface area contributed by atoms with E-state index in [1.54, 1.807) is 0 Å². The fraction of sp³-hybridized carbons (Fsp3) is 0.167. The number of hydrogen-bond acceptors (Lipinski definition) is 2. The van der Waals surface area contributed by atoms with Crippen molar-refractivity contribution in [3.8, 4) is 0 Å². The number of benzene rings is 2. The smallest absolute Gasteiger partial charge is 0.110 e. The molecule has 0 saturated carbocycles. The van der Waals surface area contributed by atoms with Crippen molar-refractivity contribution in [2.24, 2.45) is 0 Å². The van der Waals surface area contributed by atoms with E-state index in [9.17, 15) is 10.2 Å². The highest BCUT2D eigenvalue weighted by molar-refractivity contribution is 9.10. The SMILES string of the molecule is OC1c2cccc3c(Br)ccc(c23)C1O. The molecule has 0 aromatic heterocycles. The maximum Gasteiger partial charge on any atom is 0.110 e. The molecule has 0 fully saturated rings. The molecule has 1 aliphatic carbocycles. The summed E-state index contributed by atoms with van der Waals surface area (Å²) < 4.78 is 0.990. The Morgan fingerprint density at radius 1 is 0.933 bits per heavy atom. The first-order valence-corrected chi connectivity index (χ1v) is 5.56. The van der Waals surface area contributed by atoms with Crippen LogP contribution in [0.4, 0.5) is 0 Å². The first kappa shape index (κ1) is 9.33. The third kappa shape index (κ3) is 1.11. The van der Waals surface area contributed by atoms with E-state index >= 15 is 0 Å². The Kier molecular flexibility index (Phi) is 1.89. The van der Waals surface area contributed by atoms with E-state index in [0.717, 1.165) is 26.4 Å². The molecule has 0 spiro atoms. The Bertz CT molecular complexity index is 536. The predicted molar refractivity (Wildman–Crippen MR) is 61.6 cm³/mol. The largest absolute Gasteiger partial charge is 0.385 e. The van der Waals surface area contributed by atoms with Crippen molar-refractivity contribution in [3.63, 3.8) is 0 Å². The fourth-order valence-corrected chi connectivity index (χ4v) is 2.72. The molecule has 3 heteroatoms. The lowest BCUT2D eigenvalue weighted by Gasteiger charge is -2.08. The Morgan fingerprint density at radius 3 is 2.33 bits per heavy atom. The summed E-state index contributed by atoms with van der Waals surface area (Å²) in [5.74, 6) is 0. The Labute approximate surface area is 95.3 Å². The van der Waals surface area contributed by atoms with E-state index in [1.165, 1.54) is 0 Å². The van der Waals surface area contributed by atoms with Crippen LogP contribution in [0, 0.1) is 0 Å². The highest BCUT2D eigenvalue weighted by Crippen LogP contribution is 2.45. The van der Waals surface area contributed by atoms with Gasteiger partial charge in [-0.3, -0.25) is 0 Å². The van der Waals surface area contributed by atoms with Gasteiger partial charge in [-0.15, -0.1) is 0 Å². The Hall–Kier alpha value is -0.900. The van der Waals surface area contributed by atoms with Gasteiger partial charge in [0.2, 0.25) is 0 Å². The van der Waals surface area contributed by atoms with E-state index in [2.05, 4.69) is 15.9 Å². The molecule has 15 heavy (non-hydrogen) atoms. The van der Waals surface area contributed by atoms with Crippen molar-refractivity contribution in [1.29, 1.82) is 0 Å². The zero-order chi connectivity index (χ0) is 10.6. The molecule has 0 aliphatic heterocycles. The quantitative estimate of drug-likeness (QED) is 0.768. The van der Waals surface area contributed by atoms with Crippen molar-refractivity contribution >= 4 is 26.7 Å². The molecule has 2 nitrogen and oxygen atoms in total. The van der Waals surface area contributed by atoms with Crippen molar-refractivity contribution in [1.82, 2.24) is 0 Å². The summed E-state index contributed by atoms with van der Waals surface area (Å²) in [5.41, 5.74) is 1.63. The third-order valence-corrected chi connectivity index (χ3v) is 3.68. The van der Waals surface area contributed by atoms with E-state index in [-0.39, 0.29) is 0 Å². The van der Waals surface area contributed by atoms with Crippen molar-refractivity contribution in [3.05, 3.63) is 45.9 Å². The molecule has 0 bridgehead atoms. The monoisotopic (exact) mass is 264 g/mol. The van der Waals surface area contributed by atoms with E-state index in [4.69, 9.17) is 0 Å². The van der Waals surface area contributed by atoms with Gasteiger partial charge in [-0.25, -0.2) is 0 Å². The van der Waals surface area contributed by atoms with Crippen LogP contribution in [0.5, 0.6) is 0 Å². The molecule has 0 heterocycles. The van der Waals surface area contributed by atoms with Gasteiger partial charge >= 0.3 is 0 Å². The van der Waals surface area contributed by atoms with Crippen LogP contribution in [0.25, 0.3) is 10.8 Å². The molecular formula is C12H9BrO2. The minimum absolute atomic E-state index is 0.794. The lowest BCUT2D eigenvalue weighted by molar-refractivity contribution is 0.0253. The second-order valence-electron chi connectivity index (χ2n) is 3.80. The van der Waals surface area contributed by atoms with Gasteiger partial charge in [-0.2, -0.15) is 0 Å². The van der Waals surface area contributed by atoms with Crippen molar-refractivity contribution in [2.75, 3.05) is 0 Å². The van der Waals surface area contributed by atoms with Gasteiger partial charge in [0.25, 0.3) is 0 Å². The van der Waals surface area contributed by atoms with Crippen LogP contribution in [0.3, 0.4) is 0 Å². The summed E-state index contributed by atoms with van der Waals surface area (Å²) in [7, 11) is 0. The number of rotatable bonds is 0. The second-order valence-corrected chi connectivity index (χ2v) is 4.65. The zero-order valence-electron chi connectivity index (χ0n) is 7.81. The lowest BCUT2D eigenvalue weighted by Crippen LogP contribution is -2.02. The normalized spacial score (nSPS) is 23.7. The highest BCUT2D eigenvalue weighted by atomic mass is 79.9. The lowest BCUT2D eigenvalue weighted by atomic mass is 10.1. The molecule has 1 aliphatic rings. The van der Waals surface area contributed by atoms with Crippen molar-refractivity contribution < 1.29 is 10.2 Å². The number of aliphatic hydroxyl groups excluding tert-OH is 2. The van der Waals surface area contributed by atoms with Crippen LogP contribution in [0.1, 0.15) is 23.3 Å². The van der Waals surface area contributed by atoms with Gasteiger partial charge in [-0.05, 0) is 28.0 Å². The third-order valence-electron chi connectivity index (χ3n) is 2.99. The Morgan fingerprint density at radius 2 is 1.60 bits per heavy atom. The summed E-state index contributed by atoms with van der Waals surface area (Å²) in [5, 5.41) is 21.7. The van der Waals surface area contributed by atoms with E-state index in [0.29, 0.717) is 0 Å². The molecule has 2 N–H and O–H groups in total. The second kappa shape index (κ2) is 3.04. The predicted octanol–water partition coefficient (Wildman–Crippen LogP) is 2.68. The molecule has 2 atom stereocenters. The first-order valence-electron chi connectivity index (χ1n) is 4.77. The first-order chi connectivity index (χ1) is 7.20. The van der Waals surface area contributed by atoms with Crippen LogP contribution in [0.2, 0.25) is 0 Å². The molecule has 2 unspecified atom stereocenters. The van der Waals surface area contributed by atoms with Crippen LogP contribution in [-0.4, -0.2) is 10.2 Å². The standard InChI is InChI=1S/C12H9BrO2/c13-9-5-4-8-10-6(9)2-1-3-7(10)11(14)12(8)15/h1-5,11-12,14-15H. The van der Waals surface area contributed by atoms with E-state index in [1.807, 2.05) is 30.3 Å². The van der Waals surface area contributed by atoms with Gasteiger partial charge in [0.15, 0.2) is 0 Å². The molecule has 0 saturated heterocycles. The highest BCUT2D eigenvalue weighted by Gasteiger charge is 2.31. The average molecular weight is 265 g/mol. The van der Waals surface area contributed by atoms with Crippen LogP contribution in [0.15, 0.2) is 34.8 Å². The van der Waals surface area contributed by atoms with Gasteiger partial charge in [0.1, 0.15) is 12.2 Å². The summed E-state index contributed by atoms with van der Waals surface area (Å²) in [4.78, 5) is 0. The molecular weight excluding hydrogens is 256 g/mol. The fourth-order valence-electron chi connectivity index (χ4n) is 2.26. The number of halogens is 1. The maximum absolute atomic E-state index is 9.86. The average Bonchev–Trinajstić information content (AvgIpc) is 2.50. The van der Waals surface area contributed by atoms with Crippen LogP contribution >= 0.6 is 15.9 Å². The zero-order valence-corrected chi connectivity index (χ0v) is 9.40. The Balaban J connectivity index is 2.51. The molecule has 2 aromatic rings. The van der Waals surface area contributed by atoms with Gasteiger partial charge in [0, 0.05) is 4.47 Å². The van der Waals surface area contributed by atoms with Crippen LogP contribution in [-0.2, 0) is 0 Å². The summed E-state index contributed by atoms with van der Waals surface area (Å²) >= 11 is 3.47. The number of aliphatic hydroxyl groups is 2. The van der Waals surface area contributed by atoms with E-state index < -0.39 is 12.2 Å². The molecule has 0 radical (unpaired) electrons. The maximum atomic E-state index is 9.86. The molecule has 76 valence electrons. The molecule has 2 aromatic carbocycles. The summed E-state index contributed by atoms with van der Waals surface area (Å²) in [6.45, 7) is 0. The van der Waals surface area contributed by atoms with Gasteiger partial charge in [-0.1, -0.05) is 40.2 Å². The van der Waals surface area contributed by atoms with Crippen LogP contribution < -0.4 is 0 Å². The topological polar surface area (TPSA) is 40.5 Å². The van der Waals surface area contributed by atoms with Gasteiger partial charge in [0.05, 0.1) is 0 Å².